The molecule has 0 bridgehead atoms. The Bertz CT molecular complexity index is 888. The highest BCUT2D eigenvalue weighted by molar-refractivity contribution is 7.90. The third-order valence-electron chi connectivity index (χ3n) is 2.88. The van der Waals surface area contributed by atoms with Crippen LogP contribution in [0.25, 0.3) is 0 Å². The lowest BCUT2D eigenvalue weighted by atomic mass is 10.5. The average molecular weight is 418 g/mol. The molecule has 2 aromatic heterocycles. The van der Waals surface area contributed by atoms with E-state index >= 15 is 0 Å². The molecule has 146 valence electrons. The molecule has 0 saturated heterocycles. The molecule has 0 aliphatic rings. The van der Waals surface area contributed by atoms with E-state index in [1.54, 1.807) is 4.72 Å². The first kappa shape index (κ1) is 20.5. The van der Waals surface area contributed by atoms with Crippen LogP contribution in [0.1, 0.15) is 0 Å². The van der Waals surface area contributed by atoms with Crippen molar-refractivity contribution >= 4 is 33.6 Å². The van der Waals surface area contributed by atoms with Gasteiger partial charge in [-0.3, -0.25) is 5.32 Å². The quantitative estimate of drug-likeness (QED) is 0.601. The van der Waals surface area contributed by atoms with Gasteiger partial charge in [0.05, 0.1) is 26.2 Å². The first-order valence-corrected chi connectivity index (χ1v) is 9.36. The number of amides is 2. The van der Waals surface area contributed by atoms with Crippen LogP contribution in [0.15, 0.2) is 29.4 Å². The van der Waals surface area contributed by atoms with E-state index in [9.17, 15) is 13.2 Å². The summed E-state index contributed by atoms with van der Waals surface area (Å²) in [6.45, 7) is 0.0689. The fraction of sp³-hybridized carbons (Fsp3) is 0.286. The van der Waals surface area contributed by atoms with Gasteiger partial charge in [0.25, 0.3) is 10.0 Å². The summed E-state index contributed by atoms with van der Waals surface area (Å²) in [5, 5.41) is 1.72. The van der Waals surface area contributed by atoms with Gasteiger partial charge in [0.15, 0.2) is 5.75 Å². The predicted octanol–water partition coefficient (Wildman–Crippen LogP) is 1.02. The molecule has 0 aromatic carbocycles. The van der Waals surface area contributed by atoms with Crippen LogP contribution in [0.5, 0.6) is 17.5 Å². The van der Waals surface area contributed by atoms with Crippen molar-refractivity contribution in [3.8, 4) is 17.5 Å². The number of sulfonamides is 1. The summed E-state index contributed by atoms with van der Waals surface area (Å²) in [6.07, 6.45) is 1.25. The number of carbonyl (C=O) groups excluding carboxylic acids is 1. The Morgan fingerprint density at radius 2 is 1.89 bits per heavy atom. The summed E-state index contributed by atoms with van der Waals surface area (Å²) < 4.78 is 41.8. The number of hydrogen-bond donors (Lipinski definition) is 2. The lowest BCUT2D eigenvalue weighted by Gasteiger charge is -2.11. The Morgan fingerprint density at radius 3 is 2.48 bits per heavy atom. The normalized spacial score (nSPS) is 10.8. The van der Waals surface area contributed by atoms with E-state index in [2.05, 4.69) is 20.3 Å². The van der Waals surface area contributed by atoms with Gasteiger partial charge in [0.1, 0.15) is 6.61 Å². The molecule has 0 radical (unpaired) electrons. The molecule has 2 N–H and O–H groups in total. The zero-order valence-electron chi connectivity index (χ0n) is 14.3. The molecule has 11 nitrogen and oxygen atoms in total. The number of methoxy groups -OCH3 is 2. The molecule has 2 amide bonds. The number of hydrogen-bond acceptors (Lipinski definition) is 9. The minimum Gasteiger partial charge on any atom is -0.489 e. The minimum atomic E-state index is -4.33. The third kappa shape index (κ3) is 5.56. The largest absolute Gasteiger partial charge is 0.489 e. The minimum absolute atomic E-state index is 0.0438. The maximum atomic E-state index is 12.4. The zero-order chi connectivity index (χ0) is 19.9. The highest BCUT2D eigenvalue weighted by Crippen LogP contribution is 2.21. The fourth-order valence-electron chi connectivity index (χ4n) is 1.80. The Morgan fingerprint density at radius 1 is 1.22 bits per heavy atom. The van der Waals surface area contributed by atoms with Crippen LogP contribution in [0.2, 0.25) is 0 Å². The van der Waals surface area contributed by atoms with Gasteiger partial charge in [-0.05, 0) is 12.1 Å². The van der Waals surface area contributed by atoms with Crippen LogP contribution in [0.4, 0.5) is 10.7 Å². The van der Waals surface area contributed by atoms with Gasteiger partial charge in [-0.15, -0.1) is 11.6 Å². The Balaban J connectivity index is 2.18. The van der Waals surface area contributed by atoms with Crippen molar-refractivity contribution in [1.29, 1.82) is 0 Å². The van der Waals surface area contributed by atoms with E-state index < -0.39 is 21.1 Å². The second-order valence-corrected chi connectivity index (χ2v) is 6.66. The van der Waals surface area contributed by atoms with Gasteiger partial charge in [-0.25, -0.2) is 14.5 Å². The molecule has 2 heterocycles. The molecule has 0 fully saturated rings. The molecular formula is C14H16ClN5O6S. The molecule has 0 aliphatic heterocycles. The number of urea groups is 1. The Labute approximate surface area is 160 Å². The SMILES string of the molecule is COc1cc(OC)nc(NC(=O)NS(=O)(=O)c2ncccc2OCCCl)n1. The number of nitrogens with zero attached hydrogens (tertiary/aromatic N) is 3. The molecule has 0 aliphatic carbocycles. The molecule has 2 aromatic rings. The van der Waals surface area contributed by atoms with Crippen molar-refractivity contribution in [3.63, 3.8) is 0 Å². The highest BCUT2D eigenvalue weighted by Gasteiger charge is 2.24. The van der Waals surface area contributed by atoms with E-state index in [-0.39, 0.29) is 35.9 Å². The number of alkyl halides is 1. The van der Waals surface area contributed by atoms with Crippen molar-refractivity contribution in [2.24, 2.45) is 0 Å². The van der Waals surface area contributed by atoms with E-state index in [1.165, 1.54) is 38.6 Å². The number of halogens is 1. The smallest absolute Gasteiger partial charge is 0.335 e. The summed E-state index contributed by atoms with van der Waals surface area (Å²) in [7, 11) is -1.61. The predicted molar refractivity (Wildman–Crippen MR) is 94.9 cm³/mol. The maximum absolute atomic E-state index is 12.4. The van der Waals surface area contributed by atoms with Crippen LogP contribution < -0.4 is 24.2 Å². The number of carbonyl (C=O) groups is 1. The van der Waals surface area contributed by atoms with Crippen molar-refractivity contribution in [1.82, 2.24) is 19.7 Å². The molecule has 13 heteroatoms. The van der Waals surface area contributed by atoms with Gasteiger partial charge < -0.3 is 14.2 Å². The first-order valence-electron chi connectivity index (χ1n) is 7.34. The maximum Gasteiger partial charge on any atom is 0.335 e. The van der Waals surface area contributed by atoms with Crippen LogP contribution in [-0.2, 0) is 10.0 Å². The van der Waals surface area contributed by atoms with Crippen molar-refractivity contribution < 1.29 is 27.4 Å². The first-order chi connectivity index (χ1) is 12.9. The number of anilines is 1. The van der Waals surface area contributed by atoms with Gasteiger partial charge in [-0.2, -0.15) is 18.4 Å². The Kier molecular flexibility index (Phi) is 6.96. The van der Waals surface area contributed by atoms with Gasteiger partial charge >= 0.3 is 6.03 Å². The number of aromatic nitrogens is 3. The van der Waals surface area contributed by atoms with Crippen LogP contribution in [0, 0.1) is 0 Å². The highest BCUT2D eigenvalue weighted by atomic mass is 35.5. The molecule has 0 saturated carbocycles. The summed E-state index contributed by atoms with van der Waals surface area (Å²) in [6, 6.07) is 3.15. The third-order valence-corrected chi connectivity index (χ3v) is 4.30. The summed E-state index contributed by atoms with van der Waals surface area (Å²) in [5.74, 6) is 0.108. The lowest BCUT2D eigenvalue weighted by molar-refractivity contribution is 0.256. The zero-order valence-corrected chi connectivity index (χ0v) is 15.9. The van der Waals surface area contributed by atoms with Crippen molar-refractivity contribution in [3.05, 3.63) is 24.4 Å². The van der Waals surface area contributed by atoms with E-state index in [1.807, 2.05) is 0 Å². The molecule has 2 rings (SSSR count). The van der Waals surface area contributed by atoms with Crippen LogP contribution in [0.3, 0.4) is 0 Å². The van der Waals surface area contributed by atoms with Crippen molar-refractivity contribution in [2.75, 3.05) is 32.0 Å². The van der Waals surface area contributed by atoms with E-state index in [0.29, 0.717) is 0 Å². The fourth-order valence-corrected chi connectivity index (χ4v) is 2.86. The molecule has 0 atom stereocenters. The molecule has 0 spiro atoms. The summed E-state index contributed by atoms with van der Waals surface area (Å²) in [5.41, 5.74) is 0. The molecule has 0 unspecified atom stereocenters. The second kappa shape index (κ2) is 9.19. The standard InChI is InChI=1S/C14H16ClN5O6S/c1-24-10-8-11(25-2)18-13(17-10)19-14(21)20-27(22,23)12-9(26-7-5-15)4-3-6-16-12/h3-4,6,8H,5,7H2,1-2H3,(H2,17,18,19,20,21). The average Bonchev–Trinajstić information content (AvgIpc) is 2.65. The number of nitrogens with one attached hydrogen (secondary N) is 2. The van der Waals surface area contributed by atoms with Gasteiger partial charge in [0.2, 0.25) is 22.7 Å². The molecular weight excluding hydrogens is 402 g/mol. The van der Waals surface area contributed by atoms with Crippen molar-refractivity contribution in [2.45, 2.75) is 5.03 Å². The van der Waals surface area contributed by atoms with Crippen LogP contribution >= 0.6 is 11.6 Å². The van der Waals surface area contributed by atoms with E-state index in [4.69, 9.17) is 25.8 Å². The topological polar surface area (TPSA) is 142 Å². The van der Waals surface area contributed by atoms with E-state index in [0.717, 1.165) is 0 Å². The second-order valence-electron chi connectivity index (χ2n) is 4.68. The summed E-state index contributed by atoms with van der Waals surface area (Å²) >= 11 is 5.53. The molecule has 27 heavy (non-hydrogen) atoms. The number of ether oxygens (including phenoxy) is 3. The summed E-state index contributed by atoms with van der Waals surface area (Å²) in [4.78, 5) is 23.6. The van der Waals surface area contributed by atoms with Gasteiger partial charge in [0, 0.05) is 6.20 Å². The number of rotatable bonds is 8. The van der Waals surface area contributed by atoms with Gasteiger partial charge in [-0.1, -0.05) is 0 Å². The monoisotopic (exact) mass is 417 g/mol. The Hall–Kier alpha value is -2.86. The lowest BCUT2D eigenvalue weighted by Crippen LogP contribution is -2.35. The number of pyridine rings is 1. The van der Waals surface area contributed by atoms with Crippen LogP contribution in [-0.4, -0.2) is 56.1 Å².